The van der Waals surface area contributed by atoms with E-state index in [2.05, 4.69) is 15.2 Å². The van der Waals surface area contributed by atoms with Gasteiger partial charge in [-0.25, -0.2) is 4.98 Å². The van der Waals surface area contributed by atoms with Gasteiger partial charge in [0.1, 0.15) is 0 Å². The summed E-state index contributed by atoms with van der Waals surface area (Å²) in [6.07, 6.45) is 6.42. The van der Waals surface area contributed by atoms with Crippen LogP contribution in [-0.2, 0) is 13.1 Å². The molecular formula is C20H19Cl3N4S. The van der Waals surface area contributed by atoms with Crippen molar-refractivity contribution in [2.75, 3.05) is 11.9 Å². The first-order chi connectivity index (χ1) is 13.5. The van der Waals surface area contributed by atoms with Gasteiger partial charge in [0.15, 0.2) is 5.11 Å². The second kappa shape index (κ2) is 10.1. The van der Waals surface area contributed by atoms with Crippen molar-refractivity contribution in [2.24, 2.45) is 0 Å². The highest BCUT2D eigenvalue weighted by molar-refractivity contribution is 7.80. The van der Waals surface area contributed by atoms with Crippen LogP contribution in [0.2, 0.25) is 15.1 Å². The van der Waals surface area contributed by atoms with Crippen molar-refractivity contribution in [3.63, 3.8) is 0 Å². The maximum atomic E-state index is 6.35. The fraction of sp³-hybridized carbons (Fsp3) is 0.200. The molecule has 2 aromatic carbocycles. The van der Waals surface area contributed by atoms with E-state index in [9.17, 15) is 0 Å². The summed E-state index contributed by atoms with van der Waals surface area (Å²) >= 11 is 24.4. The van der Waals surface area contributed by atoms with E-state index in [1.165, 1.54) is 0 Å². The molecule has 0 spiro atoms. The van der Waals surface area contributed by atoms with Gasteiger partial charge in [0, 0.05) is 42.1 Å². The molecule has 0 aliphatic heterocycles. The van der Waals surface area contributed by atoms with Gasteiger partial charge < -0.3 is 14.8 Å². The molecule has 0 saturated carbocycles. The van der Waals surface area contributed by atoms with E-state index >= 15 is 0 Å². The van der Waals surface area contributed by atoms with Gasteiger partial charge in [0.2, 0.25) is 0 Å². The lowest BCUT2D eigenvalue weighted by Crippen LogP contribution is -2.35. The van der Waals surface area contributed by atoms with E-state index in [4.69, 9.17) is 47.0 Å². The van der Waals surface area contributed by atoms with Crippen LogP contribution in [0.4, 0.5) is 5.69 Å². The smallest absolute Gasteiger partial charge is 0.173 e. The van der Waals surface area contributed by atoms with Crippen LogP contribution in [0.25, 0.3) is 0 Å². The molecule has 0 atom stereocenters. The van der Waals surface area contributed by atoms with Gasteiger partial charge in [0.25, 0.3) is 0 Å². The number of anilines is 1. The highest BCUT2D eigenvalue weighted by atomic mass is 35.5. The van der Waals surface area contributed by atoms with E-state index in [-0.39, 0.29) is 0 Å². The predicted molar refractivity (Wildman–Crippen MR) is 121 cm³/mol. The summed E-state index contributed by atoms with van der Waals surface area (Å²) in [6, 6.07) is 13.0. The summed E-state index contributed by atoms with van der Waals surface area (Å²) in [5, 5.41) is 5.64. The highest BCUT2D eigenvalue weighted by Gasteiger charge is 2.14. The van der Waals surface area contributed by atoms with Crippen molar-refractivity contribution in [1.82, 2.24) is 14.5 Å². The fourth-order valence-corrected chi connectivity index (χ4v) is 3.53. The van der Waals surface area contributed by atoms with Crippen molar-refractivity contribution >= 4 is 57.8 Å². The number of aryl methyl sites for hydroxylation is 1. The Balaban J connectivity index is 1.72. The van der Waals surface area contributed by atoms with Crippen LogP contribution >= 0.6 is 47.0 Å². The van der Waals surface area contributed by atoms with Gasteiger partial charge in [0.05, 0.1) is 17.0 Å². The molecule has 1 aromatic heterocycles. The number of hydrogen-bond acceptors (Lipinski definition) is 2. The third-order valence-electron chi connectivity index (χ3n) is 4.18. The topological polar surface area (TPSA) is 33.1 Å². The molecule has 1 N–H and O–H groups in total. The number of imidazole rings is 1. The maximum Gasteiger partial charge on any atom is 0.173 e. The standard InChI is InChI=1S/C20H19Cl3N4S/c21-16-6-7-18(23)19(12-16)25-20(28)27(10-3-9-26-11-8-24-14-26)13-15-4-1-2-5-17(15)22/h1-2,4-8,11-12,14H,3,9-10,13H2,(H,25,28). The van der Waals surface area contributed by atoms with Crippen molar-refractivity contribution in [1.29, 1.82) is 0 Å². The Kier molecular flexibility index (Phi) is 7.57. The zero-order chi connectivity index (χ0) is 19.9. The number of nitrogens with one attached hydrogen (secondary N) is 1. The Morgan fingerprint density at radius 2 is 1.93 bits per heavy atom. The lowest BCUT2D eigenvalue weighted by Gasteiger charge is -2.27. The van der Waals surface area contributed by atoms with Crippen LogP contribution < -0.4 is 5.32 Å². The SMILES string of the molecule is S=C(Nc1cc(Cl)ccc1Cl)N(CCCn1ccnc1)Cc1ccccc1Cl. The monoisotopic (exact) mass is 452 g/mol. The van der Waals surface area contributed by atoms with Crippen molar-refractivity contribution in [3.05, 3.63) is 81.8 Å². The third kappa shape index (κ3) is 5.85. The first-order valence-corrected chi connectivity index (χ1v) is 10.3. The van der Waals surface area contributed by atoms with Crippen LogP contribution in [0.1, 0.15) is 12.0 Å². The first kappa shape index (κ1) is 20.9. The largest absolute Gasteiger partial charge is 0.345 e. The van der Waals surface area contributed by atoms with Gasteiger partial charge >= 0.3 is 0 Å². The number of halogens is 3. The van der Waals surface area contributed by atoms with Crippen LogP contribution in [0.15, 0.2) is 61.2 Å². The Bertz CT molecular complexity index is 931. The molecule has 3 aromatic rings. The molecule has 0 radical (unpaired) electrons. The number of aromatic nitrogens is 2. The molecule has 8 heteroatoms. The second-order valence-electron chi connectivity index (χ2n) is 6.22. The Morgan fingerprint density at radius 3 is 2.68 bits per heavy atom. The predicted octanol–water partition coefficient (Wildman–Crippen LogP) is 6.13. The summed E-state index contributed by atoms with van der Waals surface area (Å²) in [7, 11) is 0. The summed E-state index contributed by atoms with van der Waals surface area (Å²) in [4.78, 5) is 6.15. The van der Waals surface area contributed by atoms with Gasteiger partial charge in [-0.2, -0.15) is 0 Å². The molecular weight excluding hydrogens is 435 g/mol. The summed E-state index contributed by atoms with van der Waals surface area (Å²) in [5.41, 5.74) is 1.69. The summed E-state index contributed by atoms with van der Waals surface area (Å²) in [6.45, 7) is 2.18. The quantitative estimate of drug-likeness (QED) is 0.436. The zero-order valence-electron chi connectivity index (χ0n) is 15.0. The highest BCUT2D eigenvalue weighted by Crippen LogP contribution is 2.26. The average molecular weight is 454 g/mol. The van der Waals surface area contributed by atoms with Crippen LogP contribution in [0.5, 0.6) is 0 Å². The van der Waals surface area contributed by atoms with E-state index in [0.717, 1.165) is 25.1 Å². The van der Waals surface area contributed by atoms with Crippen LogP contribution in [0.3, 0.4) is 0 Å². The molecule has 0 saturated heterocycles. The molecule has 146 valence electrons. The van der Waals surface area contributed by atoms with Crippen LogP contribution in [0, 0.1) is 0 Å². The Hall–Kier alpha value is -1.79. The molecule has 1 heterocycles. The molecule has 3 rings (SSSR count). The Morgan fingerprint density at radius 1 is 1.11 bits per heavy atom. The van der Waals surface area contributed by atoms with E-state index < -0.39 is 0 Å². The van der Waals surface area contributed by atoms with Crippen LogP contribution in [-0.4, -0.2) is 26.1 Å². The number of nitrogens with zero attached hydrogens (tertiary/aromatic N) is 3. The van der Waals surface area contributed by atoms with E-state index in [1.54, 1.807) is 30.7 Å². The maximum absolute atomic E-state index is 6.35. The van der Waals surface area contributed by atoms with Gasteiger partial charge in [-0.1, -0.05) is 53.0 Å². The molecule has 28 heavy (non-hydrogen) atoms. The second-order valence-corrected chi connectivity index (χ2v) is 7.86. The van der Waals surface area contributed by atoms with Gasteiger partial charge in [-0.3, -0.25) is 0 Å². The molecule has 0 unspecified atom stereocenters. The normalized spacial score (nSPS) is 10.7. The van der Waals surface area contributed by atoms with Crippen molar-refractivity contribution in [2.45, 2.75) is 19.5 Å². The number of thiocarbonyl (C=S) groups is 1. The average Bonchev–Trinajstić information content (AvgIpc) is 3.19. The lowest BCUT2D eigenvalue weighted by atomic mass is 10.2. The third-order valence-corrected chi connectivity index (χ3v) is 5.47. The first-order valence-electron chi connectivity index (χ1n) is 8.73. The summed E-state index contributed by atoms with van der Waals surface area (Å²) in [5.74, 6) is 0. The summed E-state index contributed by atoms with van der Waals surface area (Å²) < 4.78 is 2.04. The molecule has 0 bridgehead atoms. The number of hydrogen-bond donors (Lipinski definition) is 1. The Labute approximate surface area is 185 Å². The van der Waals surface area contributed by atoms with Crippen molar-refractivity contribution < 1.29 is 0 Å². The van der Waals surface area contributed by atoms with Crippen molar-refractivity contribution in [3.8, 4) is 0 Å². The molecule has 0 aliphatic carbocycles. The minimum Gasteiger partial charge on any atom is -0.345 e. The minimum absolute atomic E-state index is 0.558. The molecule has 0 amide bonds. The fourth-order valence-electron chi connectivity index (χ4n) is 2.74. The lowest BCUT2D eigenvalue weighted by molar-refractivity contribution is 0.396. The van der Waals surface area contributed by atoms with E-state index in [0.29, 0.717) is 32.4 Å². The van der Waals surface area contributed by atoms with E-state index in [1.807, 2.05) is 35.0 Å². The minimum atomic E-state index is 0.558. The van der Waals surface area contributed by atoms with Gasteiger partial charge in [-0.05, 0) is 48.5 Å². The molecule has 0 fully saturated rings. The molecule has 4 nitrogen and oxygen atoms in total. The van der Waals surface area contributed by atoms with Gasteiger partial charge in [-0.15, -0.1) is 0 Å². The zero-order valence-corrected chi connectivity index (χ0v) is 18.1. The number of rotatable bonds is 7. The number of benzene rings is 2. The molecule has 0 aliphatic rings.